The van der Waals surface area contributed by atoms with Crippen LogP contribution < -0.4 is 0 Å². The number of Topliss-reactive ketones (excluding diaryl/α,β-unsaturated/α-hetero) is 1. The Kier molecular flexibility index (Phi) is 2.93. The molecule has 0 aromatic heterocycles. The Morgan fingerprint density at radius 3 is 1.89 bits per heavy atom. The van der Waals surface area contributed by atoms with Gasteiger partial charge in [0.2, 0.25) is 0 Å². The van der Waals surface area contributed by atoms with Gasteiger partial charge in [-0.3, -0.25) is 4.79 Å². The van der Waals surface area contributed by atoms with Gasteiger partial charge in [0.25, 0.3) is 0 Å². The molecule has 0 aliphatic heterocycles. The molecule has 54 valence electrons. The summed E-state index contributed by atoms with van der Waals surface area (Å²) >= 11 is 10.3. The van der Waals surface area contributed by atoms with Crippen molar-refractivity contribution in [2.75, 3.05) is 0 Å². The Labute approximate surface area is 63.8 Å². The summed E-state index contributed by atoms with van der Waals surface area (Å²) in [6.45, 7) is 2.68. The van der Waals surface area contributed by atoms with Gasteiger partial charge in [-0.05, 0) is 13.8 Å². The van der Waals surface area contributed by atoms with Crippen LogP contribution in [0.4, 0.5) is 0 Å². The molecule has 0 saturated carbocycles. The fourth-order valence-electron chi connectivity index (χ4n) is 0.267. The van der Waals surface area contributed by atoms with Gasteiger partial charge in [-0.2, -0.15) is 0 Å². The maximum atomic E-state index is 10.7. The minimum atomic E-state index is -1.42. The summed E-state index contributed by atoms with van der Waals surface area (Å²) < 4.78 is 0. The molecule has 0 atom stereocenters. The van der Waals surface area contributed by atoms with Crippen molar-refractivity contribution in [3.8, 4) is 0 Å². The normalized spacial score (nSPS) is 12.2. The minimum absolute atomic E-state index is 0.578. The van der Waals surface area contributed by atoms with E-state index in [9.17, 15) is 4.79 Å². The van der Waals surface area contributed by atoms with E-state index in [-0.39, 0.29) is 0 Å². The summed E-state index contributed by atoms with van der Waals surface area (Å²) in [4.78, 5) is 9.52. The van der Waals surface area contributed by atoms with Gasteiger partial charge >= 0.3 is 0 Å². The van der Waals surface area contributed by atoms with Gasteiger partial charge in [0, 0.05) is 0 Å². The highest BCUT2D eigenvalue weighted by Gasteiger charge is 2.28. The number of alkyl halides is 2. The van der Waals surface area contributed by atoms with Crippen LogP contribution in [0, 0.1) is 0 Å². The second kappa shape index (κ2) is 2.86. The van der Waals surface area contributed by atoms with E-state index in [0.717, 1.165) is 0 Å². The fraction of sp³-hybridized carbons (Fsp3) is 0.800. The average Bonchev–Trinajstić information content (AvgIpc) is 1.62. The first-order valence-electron chi connectivity index (χ1n) is 2.40. The number of halogens is 2. The van der Waals surface area contributed by atoms with E-state index in [4.69, 9.17) is 28.3 Å². The van der Waals surface area contributed by atoms with E-state index in [1.54, 1.807) is 0 Å². The summed E-state index contributed by atoms with van der Waals surface area (Å²) in [6, 6.07) is 0. The highest BCUT2D eigenvalue weighted by atomic mass is 35.5. The third kappa shape index (κ3) is 3.04. The summed E-state index contributed by atoms with van der Waals surface area (Å²) in [7, 11) is 0. The first-order chi connectivity index (χ1) is 3.85. The Balaban J connectivity index is 4.06. The third-order valence-electron chi connectivity index (χ3n) is 0.801. The van der Waals surface area contributed by atoms with E-state index >= 15 is 0 Å². The lowest BCUT2D eigenvalue weighted by atomic mass is 10.1. The van der Waals surface area contributed by atoms with Crippen LogP contribution in [0.2, 0.25) is 0 Å². The summed E-state index contributed by atoms with van der Waals surface area (Å²) in [5.41, 5.74) is -1.42. The van der Waals surface area contributed by atoms with Gasteiger partial charge in [0.05, 0.1) is 0 Å². The SMILES string of the molecule is CC(C)(O)C(=O)C(Cl)Cl. The summed E-state index contributed by atoms with van der Waals surface area (Å²) in [5, 5.41) is 8.94. The monoisotopic (exact) mass is 170 g/mol. The molecule has 0 saturated heterocycles. The van der Waals surface area contributed by atoms with Crippen LogP contribution in [0.15, 0.2) is 0 Å². The third-order valence-corrected chi connectivity index (χ3v) is 1.20. The Hall–Kier alpha value is 0.210. The molecule has 0 bridgehead atoms. The minimum Gasteiger partial charge on any atom is -0.383 e. The number of ketones is 1. The zero-order chi connectivity index (χ0) is 7.65. The summed E-state index contributed by atoms with van der Waals surface area (Å²) in [6.07, 6.45) is 0. The molecule has 0 fully saturated rings. The largest absolute Gasteiger partial charge is 0.383 e. The number of aliphatic hydroxyl groups is 1. The molecule has 2 nitrogen and oxygen atoms in total. The second-order valence-electron chi connectivity index (χ2n) is 2.22. The summed E-state index contributed by atoms with van der Waals surface area (Å²) in [5.74, 6) is -0.578. The fourth-order valence-corrected chi connectivity index (χ4v) is 0.801. The highest BCUT2D eigenvalue weighted by molar-refractivity contribution is 6.54. The molecule has 9 heavy (non-hydrogen) atoms. The quantitative estimate of drug-likeness (QED) is 0.632. The predicted molar refractivity (Wildman–Crippen MR) is 36.8 cm³/mol. The predicted octanol–water partition coefficient (Wildman–Crippen LogP) is 1.13. The van der Waals surface area contributed by atoms with Crippen molar-refractivity contribution in [3.05, 3.63) is 0 Å². The zero-order valence-corrected chi connectivity index (χ0v) is 6.70. The molecule has 0 aromatic rings. The highest BCUT2D eigenvalue weighted by Crippen LogP contribution is 2.13. The number of hydrogen-bond donors (Lipinski definition) is 1. The van der Waals surface area contributed by atoms with Crippen LogP contribution in [0.1, 0.15) is 13.8 Å². The number of rotatable bonds is 2. The molecule has 0 rings (SSSR count). The van der Waals surface area contributed by atoms with Gasteiger partial charge in [0.1, 0.15) is 5.60 Å². The second-order valence-corrected chi connectivity index (χ2v) is 3.32. The number of carbonyl (C=O) groups excluding carboxylic acids is 1. The van der Waals surface area contributed by atoms with Crippen molar-refractivity contribution < 1.29 is 9.90 Å². The number of hydrogen-bond acceptors (Lipinski definition) is 2. The maximum Gasteiger partial charge on any atom is 0.196 e. The molecule has 0 aliphatic carbocycles. The molecule has 0 spiro atoms. The molecule has 0 unspecified atom stereocenters. The molecule has 0 aliphatic rings. The van der Waals surface area contributed by atoms with Crippen LogP contribution >= 0.6 is 23.2 Å². The molecule has 0 aromatic carbocycles. The zero-order valence-electron chi connectivity index (χ0n) is 5.19. The van der Waals surface area contributed by atoms with Crippen LogP contribution in [-0.2, 0) is 4.79 Å². The van der Waals surface area contributed by atoms with Crippen molar-refractivity contribution in [1.82, 2.24) is 0 Å². The standard InChI is InChI=1S/C5H8Cl2O2/c1-5(2,9)3(8)4(6)7/h4,9H,1-2H3. The van der Waals surface area contributed by atoms with Gasteiger partial charge < -0.3 is 5.11 Å². The molecule has 4 heteroatoms. The smallest absolute Gasteiger partial charge is 0.196 e. The van der Waals surface area contributed by atoms with Crippen molar-refractivity contribution >= 4 is 29.0 Å². The van der Waals surface area contributed by atoms with Gasteiger partial charge in [-0.15, -0.1) is 0 Å². The first-order valence-corrected chi connectivity index (χ1v) is 3.28. The topological polar surface area (TPSA) is 37.3 Å². The molecule has 0 amide bonds. The van der Waals surface area contributed by atoms with Crippen molar-refractivity contribution in [2.24, 2.45) is 0 Å². The average molecular weight is 171 g/mol. The molecule has 0 heterocycles. The van der Waals surface area contributed by atoms with Crippen molar-refractivity contribution in [1.29, 1.82) is 0 Å². The van der Waals surface area contributed by atoms with Crippen LogP contribution in [0.25, 0.3) is 0 Å². The van der Waals surface area contributed by atoms with E-state index in [1.165, 1.54) is 13.8 Å². The van der Waals surface area contributed by atoms with E-state index in [2.05, 4.69) is 0 Å². The lowest BCUT2D eigenvalue weighted by Gasteiger charge is -2.14. The lowest BCUT2D eigenvalue weighted by molar-refractivity contribution is -0.132. The van der Waals surface area contributed by atoms with Gasteiger partial charge in [-0.25, -0.2) is 0 Å². The van der Waals surface area contributed by atoms with Gasteiger partial charge in [0.15, 0.2) is 10.6 Å². The van der Waals surface area contributed by atoms with Gasteiger partial charge in [-0.1, -0.05) is 23.2 Å². The maximum absolute atomic E-state index is 10.7. The van der Waals surface area contributed by atoms with Crippen LogP contribution in [0.3, 0.4) is 0 Å². The van der Waals surface area contributed by atoms with E-state index < -0.39 is 16.2 Å². The van der Waals surface area contributed by atoms with E-state index in [1.807, 2.05) is 0 Å². The lowest BCUT2D eigenvalue weighted by Crippen LogP contribution is -2.35. The number of carbonyl (C=O) groups is 1. The Morgan fingerprint density at radius 2 is 1.89 bits per heavy atom. The first kappa shape index (κ1) is 9.21. The Bertz CT molecular complexity index is 115. The van der Waals surface area contributed by atoms with Crippen molar-refractivity contribution in [3.63, 3.8) is 0 Å². The Morgan fingerprint density at radius 1 is 1.56 bits per heavy atom. The molecule has 1 N–H and O–H groups in total. The molecule has 0 radical (unpaired) electrons. The van der Waals surface area contributed by atoms with Crippen LogP contribution in [-0.4, -0.2) is 21.3 Å². The van der Waals surface area contributed by atoms with Crippen LogP contribution in [0.5, 0.6) is 0 Å². The molecular weight excluding hydrogens is 163 g/mol. The van der Waals surface area contributed by atoms with Crippen molar-refractivity contribution in [2.45, 2.75) is 24.3 Å². The van der Waals surface area contributed by atoms with E-state index in [0.29, 0.717) is 0 Å². The molecular formula is C5H8Cl2O2.